The lowest BCUT2D eigenvalue weighted by molar-refractivity contribution is -0.136. The summed E-state index contributed by atoms with van der Waals surface area (Å²) in [5.41, 5.74) is -0.641. The second kappa shape index (κ2) is 5.64. The Morgan fingerprint density at radius 1 is 1.39 bits per heavy atom. The summed E-state index contributed by atoms with van der Waals surface area (Å²) < 4.78 is 5.16. The summed E-state index contributed by atoms with van der Waals surface area (Å²) in [4.78, 5) is 23.1. The van der Waals surface area contributed by atoms with Crippen LogP contribution < -0.4 is 5.32 Å². The highest BCUT2D eigenvalue weighted by Gasteiger charge is 2.31. The van der Waals surface area contributed by atoms with Gasteiger partial charge in [-0.1, -0.05) is 19.1 Å². The molecular weight excluding hydrogens is 234 g/mol. The van der Waals surface area contributed by atoms with Crippen molar-refractivity contribution in [2.75, 3.05) is 12.4 Å². The van der Waals surface area contributed by atoms with Gasteiger partial charge in [-0.05, 0) is 25.5 Å². The third-order valence-corrected chi connectivity index (χ3v) is 3.01. The minimum absolute atomic E-state index is 0.0559. The third-order valence-electron chi connectivity index (χ3n) is 3.01. The molecule has 1 atom stereocenters. The fraction of sp³-hybridized carbons (Fsp3) is 0.385. The van der Waals surface area contributed by atoms with Gasteiger partial charge in [0.05, 0.1) is 11.3 Å². The van der Waals surface area contributed by atoms with E-state index in [0.717, 1.165) is 0 Å². The maximum Gasteiger partial charge on any atom is 0.337 e. The lowest BCUT2D eigenvalue weighted by Gasteiger charge is -2.25. The summed E-state index contributed by atoms with van der Waals surface area (Å²) in [7, 11) is 1.45. The van der Waals surface area contributed by atoms with Crippen molar-refractivity contribution in [2.45, 2.75) is 25.9 Å². The van der Waals surface area contributed by atoms with E-state index in [-0.39, 0.29) is 17.2 Å². The van der Waals surface area contributed by atoms with Crippen LogP contribution in [-0.4, -0.2) is 29.7 Å². The monoisotopic (exact) mass is 251 g/mol. The Hall–Kier alpha value is -1.88. The van der Waals surface area contributed by atoms with Gasteiger partial charge in [0, 0.05) is 7.11 Å². The van der Waals surface area contributed by atoms with Gasteiger partial charge in [-0.25, -0.2) is 4.79 Å². The number of carbonyl (C=O) groups is 2. The van der Waals surface area contributed by atoms with Crippen LogP contribution in [0.2, 0.25) is 0 Å². The predicted octanol–water partition coefficient (Wildman–Crippen LogP) is 2.14. The fourth-order valence-electron chi connectivity index (χ4n) is 1.43. The number of aromatic carboxylic acids is 1. The van der Waals surface area contributed by atoms with Crippen molar-refractivity contribution in [1.82, 2.24) is 0 Å². The number of carboxylic acid groups (broad SMARTS) is 1. The fourth-order valence-corrected chi connectivity index (χ4v) is 1.43. The standard InChI is InChI=1S/C13H17NO4/c1-4-13(2,18-3)12(17)14-10-8-6-5-7-9(10)11(15)16/h5-8H,4H2,1-3H3,(H,14,17)(H,15,16). The molecule has 5 heteroatoms. The largest absolute Gasteiger partial charge is 0.478 e. The maximum atomic E-state index is 12.0. The lowest BCUT2D eigenvalue weighted by Crippen LogP contribution is -2.41. The summed E-state index contributed by atoms with van der Waals surface area (Å²) in [5.74, 6) is -1.44. The van der Waals surface area contributed by atoms with Crippen molar-refractivity contribution < 1.29 is 19.4 Å². The number of para-hydroxylation sites is 1. The molecule has 18 heavy (non-hydrogen) atoms. The Bertz CT molecular complexity index is 452. The van der Waals surface area contributed by atoms with E-state index >= 15 is 0 Å². The van der Waals surface area contributed by atoms with Crippen LogP contribution in [0.3, 0.4) is 0 Å². The first kappa shape index (κ1) is 14.2. The zero-order valence-corrected chi connectivity index (χ0v) is 10.7. The molecule has 0 heterocycles. The highest BCUT2D eigenvalue weighted by atomic mass is 16.5. The van der Waals surface area contributed by atoms with E-state index in [1.165, 1.54) is 13.2 Å². The molecule has 0 saturated carbocycles. The summed E-state index contributed by atoms with van der Waals surface area (Å²) in [6.07, 6.45) is 0.491. The van der Waals surface area contributed by atoms with Gasteiger partial charge in [0.2, 0.25) is 0 Å². The van der Waals surface area contributed by atoms with E-state index in [1.54, 1.807) is 25.1 Å². The van der Waals surface area contributed by atoms with Crippen LogP contribution in [0.25, 0.3) is 0 Å². The van der Waals surface area contributed by atoms with Crippen molar-refractivity contribution in [3.05, 3.63) is 29.8 Å². The van der Waals surface area contributed by atoms with Gasteiger partial charge in [-0.2, -0.15) is 0 Å². The Kier molecular flexibility index (Phi) is 4.44. The number of nitrogens with one attached hydrogen (secondary N) is 1. The number of hydrogen-bond donors (Lipinski definition) is 2. The molecule has 0 saturated heterocycles. The zero-order chi connectivity index (χ0) is 13.8. The average Bonchev–Trinajstić information content (AvgIpc) is 2.38. The number of benzene rings is 1. The molecule has 0 aliphatic heterocycles. The normalized spacial score (nSPS) is 13.7. The van der Waals surface area contributed by atoms with Crippen molar-refractivity contribution in [3.63, 3.8) is 0 Å². The molecule has 1 aromatic carbocycles. The predicted molar refractivity (Wildman–Crippen MR) is 67.7 cm³/mol. The summed E-state index contributed by atoms with van der Waals surface area (Å²) in [5, 5.41) is 11.6. The highest BCUT2D eigenvalue weighted by molar-refractivity contribution is 6.03. The van der Waals surface area contributed by atoms with Crippen LogP contribution in [0, 0.1) is 0 Å². The van der Waals surface area contributed by atoms with E-state index in [2.05, 4.69) is 5.32 Å². The van der Waals surface area contributed by atoms with Gasteiger partial charge in [-0.3, -0.25) is 4.79 Å². The van der Waals surface area contributed by atoms with E-state index in [0.29, 0.717) is 6.42 Å². The summed E-state index contributed by atoms with van der Waals surface area (Å²) >= 11 is 0. The van der Waals surface area contributed by atoms with Gasteiger partial charge < -0.3 is 15.2 Å². The number of methoxy groups -OCH3 is 1. The molecule has 0 bridgehead atoms. The Balaban J connectivity index is 2.98. The van der Waals surface area contributed by atoms with Crippen molar-refractivity contribution >= 4 is 17.6 Å². The number of carboxylic acids is 1. The molecule has 98 valence electrons. The maximum absolute atomic E-state index is 12.0. The van der Waals surface area contributed by atoms with Crippen molar-refractivity contribution in [2.24, 2.45) is 0 Å². The van der Waals surface area contributed by atoms with Gasteiger partial charge in [0.15, 0.2) is 0 Å². The minimum Gasteiger partial charge on any atom is -0.478 e. The van der Waals surface area contributed by atoms with Crippen LogP contribution in [0.1, 0.15) is 30.6 Å². The minimum atomic E-state index is -1.08. The molecule has 1 amide bonds. The molecule has 5 nitrogen and oxygen atoms in total. The molecule has 0 aliphatic carbocycles. The lowest BCUT2D eigenvalue weighted by atomic mass is 10.0. The molecule has 0 aliphatic rings. The topological polar surface area (TPSA) is 75.6 Å². The Labute approximate surface area is 106 Å². The SMILES string of the molecule is CCC(C)(OC)C(=O)Nc1ccccc1C(=O)O. The second-order valence-electron chi connectivity index (χ2n) is 4.09. The highest BCUT2D eigenvalue weighted by Crippen LogP contribution is 2.20. The van der Waals surface area contributed by atoms with Gasteiger partial charge in [-0.15, -0.1) is 0 Å². The van der Waals surface area contributed by atoms with Gasteiger partial charge >= 0.3 is 5.97 Å². The molecule has 0 radical (unpaired) electrons. The smallest absolute Gasteiger partial charge is 0.337 e. The quantitative estimate of drug-likeness (QED) is 0.840. The van der Waals surface area contributed by atoms with E-state index in [9.17, 15) is 9.59 Å². The second-order valence-corrected chi connectivity index (χ2v) is 4.09. The van der Waals surface area contributed by atoms with E-state index in [4.69, 9.17) is 9.84 Å². The molecule has 0 fully saturated rings. The Morgan fingerprint density at radius 3 is 2.50 bits per heavy atom. The first-order valence-corrected chi connectivity index (χ1v) is 5.63. The molecule has 1 unspecified atom stereocenters. The molecule has 0 spiro atoms. The number of anilines is 1. The number of hydrogen-bond acceptors (Lipinski definition) is 3. The van der Waals surface area contributed by atoms with Crippen LogP contribution in [0.5, 0.6) is 0 Å². The van der Waals surface area contributed by atoms with E-state index < -0.39 is 11.6 Å². The number of rotatable bonds is 5. The van der Waals surface area contributed by atoms with Crippen LogP contribution in [-0.2, 0) is 9.53 Å². The van der Waals surface area contributed by atoms with Crippen molar-refractivity contribution in [3.8, 4) is 0 Å². The molecule has 2 N–H and O–H groups in total. The van der Waals surface area contributed by atoms with E-state index in [1.807, 2.05) is 6.92 Å². The number of amides is 1. The third kappa shape index (κ3) is 2.87. The van der Waals surface area contributed by atoms with Gasteiger partial charge in [0.25, 0.3) is 5.91 Å². The first-order chi connectivity index (χ1) is 8.44. The first-order valence-electron chi connectivity index (χ1n) is 5.63. The average molecular weight is 251 g/mol. The molecule has 0 aromatic heterocycles. The van der Waals surface area contributed by atoms with Crippen LogP contribution in [0.15, 0.2) is 24.3 Å². The number of carbonyl (C=O) groups excluding carboxylic acids is 1. The van der Waals surface area contributed by atoms with Crippen LogP contribution in [0.4, 0.5) is 5.69 Å². The summed E-state index contributed by atoms with van der Waals surface area (Å²) in [6.45, 7) is 3.48. The zero-order valence-electron chi connectivity index (χ0n) is 10.7. The Morgan fingerprint density at radius 2 is 2.00 bits per heavy atom. The van der Waals surface area contributed by atoms with Crippen LogP contribution >= 0.6 is 0 Å². The molecule has 1 rings (SSSR count). The molecular formula is C13H17NO4. The number of ether oxygens (including phenoxy) is 1. The van der Waals surface area contributed by atoms with Crippen molar-refractivity contribution in [1.29, 1.82) is 0 Å². The van der Waals surface area contributed by atoms with Gasteiger partial charge in [0.1, 0.15) is 5.60 Å². The molecule has 1 aromatic rings. The summed E-state index contributed by atoms with van der Waals surface area (Å²) in [6, 6.07) is 6.26.